The molecule has 16 heavy (non-hydrogen) atoms. The summed E-state index contributed by atoms with van der Waals surface area (Å²) in [4.78, 5) is 10.8. The average Bonchev–Trinajstić information content (AvgIpc) is 2.70. The van der Waals surface area contributed by atoms with Gasteiger partial charge in [-0.2, -0.15) is 13.9 Å². The molecule has 0 spiro atoms. The molecule has 0 aromatic carbocycles. The van der Waals surface area contributed by atoms with Gasteiger partial charge in [-0.15, -0.1) is 0 Å². The predicted molar refractivity (Wildman–Crippen MR) is 48.2 cm³/mol. The van der Waals surface area contributed by atoms with Crippen LogP contribution in [-0.4, -0.2) is 22.4 Å². The lowest BCUT2D eigenvalue weighted by atomic mass is 10.4. The standard InChI is InChI=1S/C9H9F3N2O2/c10-7(9(11)12)6-8(15)16-5-4-14-3-1-2-13-14/h1-3H,4-6H2. The van der Waals surface area contributed by atoms with Crippen molar-refractivity contribution in [3.05, 3.63) is 30.4 Å². The maximum atomic E-state index is 12.3. The van der Waals surface area contributed by atoms with Gasteiger partial charge in [0.1, 0.15) is 13.0 Å². The van der Waals surface area contributed by atoms with E-state index >= 15 is 0 Å². The van der Waals surface area contributed by atoms with E-state index in [2.05, 4.69) is 9.84 Å². The number of nitrogens with zero attached hydrogens (tertiary/aromatic N) is 2. The van der Waals surface area contributed by atoms with Crippen molar-refractivity contribution in [3.63, 3.8) is 0 Å². The SMILES string of the molecule is O=C(CC(F)=C(F)F)OCCn1cccn1. The van der Waals surface area contributed by atoms with Crippen LogP contribution in [0.4, 0.5) is 13.2 Å². The van der Waals surface area contributed by atoms with E-state index in [-0.39, 0.29) is 6.61 Å². The van der Waals surface area contributed by atoms with Gasteiger partial charge < -0.3 is 4.74 Å². The van der Waals surface area contributed by atoms with Crippen molar-refractivity contribution in [1.29, 1.82) is 0 Å². The fourth-order valence-corrected chi connectivity index (χ4v) is 0.930. The Balaban J connectivity index is 2.23. The van der Waals surface area contributed by atoms with Crippen LogP contribution in [0, 0.1) is 0 Å². The molecule has 0 aliphatic heterocycles. The summed E-state index contributed by atoms with van der Waals surface area (Å²) in [5.74, 6) is -2.79. The first kappa shape index (κ1) is 12.3. The van der Waals surface area contributed by atoms with Crippen LogP contribution < -0.4 is 0 Å². The monoisotopic (exact) mass is 234 g/mol. The summed E-state index contributed by atoms with van der Waals surface area (Å²) < 4.78 is 41.5. The van der Waals surface area contributed by atoms with Gasteiger partial charge in [0.25, 0.3) is 0 Å². The predicted octanol–water partition coefficient (Wildman–Crippen LogP) is 1.89. The minimum absolute atomic E-state index is 0.0400. The summed E-state index contributed by atoms with van der Waals surface area (Å²) >= 11 is 0. The number of carbonyl (C=O) groups is 1. The molecule has 0 atom stereocenters. The molecule has 0 aliphatic carbocycles. The van der Waals surface area contributed by atoms with Gasteiger partial charge in [-0.1, -0.05) is 0 Å². The van der Waals surface area contributed by atoms with Crippen LogP contribution in [0.15, 0.2) is 30.4 Å². The molecule has 4 nitrogen and oxygen atoms in total. The molecule has 0 radical (unpaired) electrons. The number of hydrogen-bond acceptors (Lipinski definition) is 3. The maximum absolute atomic E-state index is 12.3. The molecular weight excluding hydrogens is 225 g/mol. The number of carbonyl (C=O) groups excluding carboxylic acids is 1. The summed E-state index contributed by atoms with van der Waals surface area (Å²) in [6.07, 6.45) is -0.344. The van der Waals surface area contributed by atoms with Gasteiger partial charge in [0.15, 0.2) is 5.83 Å². The van der Waals surface area contributed by atoms with Crippen molar-refractivity contribution in [2.24, 2.45) is 0 Å². The molecule has 0 N–H and O–H groups in total. The molecule has 1 rings (SSSR count). The molecule has 0 bridgehead atoms. The lowest BCUT2D eigenvalue weighted by Gasteiger charge is -2.03. The van der Waals surface area contributed by atoms with E-state index in [0.717, 1.165) is 0 Å². The number of esters is 1. The molecule has 0 amide bonds. The number of halogens is 3. The van der Waals surface area contributed by atoms with Crippen molar-refractivity contribution in [3.8, 4) is 0 Å². The number of hydrogen-bond donors (Lipinski definition) is 0. The van der Waals surface area contributed by atoms with Crippen LogP contribution >= 0.6 is 0 Å². The molecule has 0 aliphatic rings. The molecule has 0 unspecified atom stereocenters. The fourth-order valence-electron chi connectivity index (χ4n) is 0.930. The van der Waals surface area contributed by atoms with E-state index in [4.69, 9.17) is 0 Å². The lowest BCUT2D eigenvalue weighted by molar-refractivity contribution is -0.143. The van der Waals surface area contributed by atoms with Crippen molar-refractivity contribution < 1.29 is 22.7 Å². The molecule has 88 valence electrons. The molecule has 7 heteroatoms. The third kappa shape index (κ3) is 4.16. The highest BCUT2D eigenvalue weighted by atomic mass is 19.3. The summed E-state index contributed by atoms with van der Waals surface area (Å²) in [5, 5.41) is 3.82. The second-order valence-electron chi connectivity index (χ2n) is 2.83. The molecule has 0 saturated heterocycles. The zero-order chi connectivity index (χ0) is 12.0. The smallest absolute Gasteiger partial charge is 0.312 e. The van der Waals surface area contributed by atoms with Crippen LogP contribution in [0.3, 0.4) is 0 Å². The van der Waals surface area contributed by atoms with Crippen LogP contribution in [0.5, 0.6) is 0 Å². The summed E-state index contributed by atoms with van der Waals surface area (Å²) in [6.45, 7) is 0.254. The second kappa shape index (κ2) is 5.94. The molecule has 1 aromatic rings. The van der Waals surface area contributed by atoms with Gasteiger partial charge >= 0.3 is 12.0 Å². The minimum atomic E-state index is -2.50. The van der Waals surface area contributed by atoms with Crippen LogP contribution in [-0.2, 0) is 16.1 Å². The molecular formula is C9H9F3N2O2. The van der Waals surface area contributed by atoms with Gasteiger partial charge in [-0.3, -0.25) is 9.48 Å². The Labute approximate surface area is 89.3 Å². The third-order valence-corrected chi connectivity index (χ3v) is 1.65. The number of aromatic nitrogens is 2. The third-order valence-electron chi connectivity index (χ3n) is 1.65. The zero-order valence-electron chi connectivity index (χ0n) is 8.20. The van der Waals surface area contributed by atoms with E-state index in [1.165, 1.54) is 4.68 Å². The normalized spacial score (nSPS) is 9.94. The Morgan fingerprint density at radius 1 is 1.38 bits per heavy atom. The fraction of sp³-hybridized carbons (Fsp3) is 0.333. The van der Waals surface area contributed by atoms with Crippen LogP contribution in [0.25, 0.3) is 0 Å². The highest BCUT2D eigenvalue weighted by Crippen LogP contribution is 2.13. The Kier molecular flexibility index (Phi) is 4.56. The largest absolute Gasteiger partial charge is 0.463 e. The molecule has 0 fully saturated rings. The van der Waals surface area contributed by atoms with E-state index in [1.54, 1.807) is 18.5 Å². The average molecular weight is 234 g/mol. The minimum Gasteiger partial charge on any atom is -0.463 e. The summed E-state index contributed by atoms with van der Waals surface area (Å²) in [5.41, 5.74) is 0. The number of ether oxygens (including phenoxy) is 1. The topological polar surface area (TPSA) is 44.1 Å². The van der Waals surface area contributed by atoms with Crippen molar-refractivity contribution in [2.75, 3.05) is 6.61 Å². The molecule has 1 aromatic heterocycles. The van der Waals surface area contributed by atoms with Crippen LogP contribution in [0.1, 0.15) is 6.42 Å². The van der Waals surface area contributed by atoms with E-state index in [0.29, 0.717) is 6.54 Å². The Morgan fingerprint density at radius 3 is 2.69 bits per heavy atom. The maximum Gasteiger partial charge on any atom is 0.312 e. The van der Waals surface area contributed by atoms with Crippen molar-refractivity contribution in [2.45, 2.75) is 13.0 Å². The molecule has 1 heterocycles. The molecule has 0 saturated carbocycles. The first-order chi connectivity index (χ1) is 7.59. The van der Waals surface area contributed by atoms with Gasteiger partial charge in [0.2, 0.25) is 0 Å². The van der Waals surface area contributed by atoms with Gasteiger partial charge in [-0.25, -0.2) is 4.39 Å². The zero-order valence-corrected chi connectivity index (χ0v) is 8.20. The van der Waals surface area contributed by atoms with Crippen molar-refractivity contribution in [1.82, 2.24) is 9.78 Å². The van der Waals surface area contributed by atoms with Gasteiger partial charge in [-0.05, 0) is 6.07 Å². The summed E-state index contributed by atoms with van der Waals surface area (Å²) in [6, 6.07) is 1.68. The first-order valence-electron chi connectivity index (χ1n) is 4.42. The van der Waals surface area contributed by atoms with E-state index in [1.807, 2.05) is 0 Å². The van der Waals surface area contributed by atoms with Crippen LogP contribution in [0.2, 0.25) is 0 Å². The van der Waals surface area contributed by atoms with E-state index in [9.17, 15) is 18.0 Å². The van der Waals surface area contributed by atoms with Crippen molar-refractivity contribution >= 4 is 5.97 Å². The van der Waals surface area contributed by atoms with Gasteiger partial charge in [0.05, 0.1) is 6.54 Å². The Bertz CT molecular complexity index is 372. The van der Waals surface area contributed by atoms with Gasteiger partial charge in [0, 0.05) is 12.4 Å². The Hall–Kier alpha value is -1.79. The quantitative estimate of drug-likeness (QED) is 0.731. The first-order valence-corrected chi connectivity index (χ1v) is 4.42. The lowest BCUT2D eigenvalue weighted by Crippen LogP contribution is -2.11. The second-order valence-corrected chi connectivity index (χ2v) is 2.83. The van der Waals surface area contributed by atoms with E-state index < -0.39 is 24.3 Å². The highest BCUT2D eigenvalue weighted by Gasteiger charge is 2.12. The highest BCUT2D eigenvalue weighted by molar-refractivity contribution is 5.71. The Morgan fingerprint density at radius 2 is 2.12 bits per heavy atom. The summed E-state index contributed by atoms with van der Waals surface area (Å²) in [7, 11) is 0. The number of rotatable bonds is 5.